The zero-order valence-electron chi connectivity index (χ0n) is 8.66. The molecule has 3 amide bonds. The maximum atomic E-state index is 11.4. The summed E-state index contributed by atoms with van der Waals surface area (Å²) in [5.74, 6) is -0.434. The average molecular weight is 213 g/mol. The lowest BCUT2D eigenvalue weighted by atomic mass is 10.0. The first-order chi connectivity index (χ1) is 7.18. The van der Waals surface area contributed by atoms with Crippen LogP contribution < -0.4 is 10.6 Å². The second kappa shape index (κ2) is 4.16. The molecule has 15 heavy (non-hydrogen) atoms. The van der Waals surface area contributed by atoms with Gasteiger partial charge in [-0.2, -0.15) is 0 Å². The molecule has 2 N–H and O–H groups in total. The number of hydrogen-bond donors (Lipinski definition) is 2. The number of ether oxygens (including phenoxy) is 1. The lowest BCUT2D eigenvalue weighted by Gasteiger charge is -2.39. The minimum absolute atomic E-state index is 0.199. The van der Waals surface area contributed by atoms with Crippen molar-refractivity contribution in [3.8, 4) is 0 Å². The largest absolute Gasteiger partial charge is 0.379 e. The molecule has 2 heterocycles. The lowest BCUT2D eigenvalue weighted by molar-refractivity contribution is -0.128. The Morgan fingerprint density at radius 3 is 2.67 bits per heavy atom. The Labute approximate surface area is 87.9 Å². The van der Waals surface area contributed by atoms with Gasteiger partial charge in [0.05, 0.1) is 25.3 Å². The van der Waals surface area contributed by atoms with Gasteiger partial charge in [0.15, 0.2) is 0 Å². The Morgan fingerprint density at radius 1 is 1.33 bits per heavy atom. The van der Waals surface area contributed by atoms with Crippen LogP contribution in [0.1, 0.15) is 6.92 Å². The summed E-state index contributed by atoms with van der Waals surface area (Å²) < 4.78 is 5.22. The van der Waals surface area contributed by atoms with Crippen molar-refractivity contribution in [1.82, 2.24) is 15.5 Å². The van der Waals surface area contributed by atoms with Gasteiger partial charge in [-0.1, -0.05) is 6.92 Å². The number of rotatable bonds is 1. The van der Waals surface area contributed by atoms with Gasteiger partial charge in [-0.25, -0.2) is 4.79 Å². The topological polar surface area (TPSA) is 70.7 Å². The van der Waals surface area contributed by atoms with Crippen LogP contribution in [0, 0.1) is 5.92 Å². The van der Waals surface area contributed by atoms with E-state index in [0.29, 0.717) is 13.2 Å². The number of carbonyl (C=O) groups is 2. The van der Waals surface area contributed by atoms with E-state index in [-0.39, 0.29) is 18.0 Å². The van der Waals surface area contributed by atoms with E-state index in [2.05, 4.69) is 15.5 Å². The van der Waals surface area contributed by atoms with Crippen LogP contribution in [0.2, 0.25) is 0 Å². The lowest BCUT2D eigenvalue weighted by Crippen LogP contribution is -2.64. The number of urea groups is 1. The van der Waals surface area contributed by atoms with E-state index in [9.17, 15) is 9.59 Å². The molecule has 84 valence electrons. The molecule has 2 fully saturated rings. The van der Waals surface area contributed by atoms with Gasteiger partial charge < -0.3 is 10.1 Å². The van der Waals surface area contributed by atoms with E-state index in [1.165, 1.54) is 0 Å². The highest BCUT2D eigenvalue weighted by atomic mass is 16.5. The van der Waals surface area contributed by atoms with Crippen LogP contribution in [0.15, 0.2) is 0 Å². The molecule has 2 saturated heterocycles. The van der Waals surface area contributed by atoms with Gasteiger partial charge in [0, 0.05) is 13.1 Å². The zero-order valence-corrected chi connectivity index (χ0v) is 8.66. The summed E-state index contributed by atoms with van der Waals surface area (Å²) in [6.45, 7) is 4.63. The van der Waals surface area contributed by atoms with E-state index in [0.717, 1.165) is 13.1 Å². The molecule has 0 radical (unpaired) electrons. The van der Waals surface area contributed by atoms with Crippen LogP contribution in [-0.4, -0.2) is 49.3 Å². The summed E-state index contributed by atoms with van der Waals surface area (Å²) in [6, 6.07) is -0.408. The van der Waals surface area contributed by atoms with Gasteiger partial charge >= 0.3 is 6.03 Å². The average Bonchev–Trinajstić information content (AvgIpc) is 2.24. The number of hydrogen-bond acceptors (Lipinski definition) is 4. The molecule has 0 saturated carbocycles. The van der Waals surface area contributed by atoms with Gasteiger partial charge in [0.1, 0.15) is 0 Å². The highest BCUT2D eigenvalue weighted by molar-refractivity contribution is 5.98. The van der Waals surface area contributed by atoms with E-state index in [1.807, 2.05) is 6.92 Å². The number of nitrogens with one attached hydrogen (secondary N) is 2. The fourth-order valence-corrected chi connectivity index (χ4v) is 1.93. The monoisotopic (exact) mass is 213 g/mol. The van der Waals surface area contributed by atoms with E-state index < -0.39 is 6.03 Å². The highest BCUT2D eigenvalue weighted by Gasteiger charge is 2.36. The second-order valence-electron chi connectivity index (χ2n) is 3.84. The van der Waals surface area contributed by atoms with Crippen molar-refractivity contribution >= 4 is 11.9 Å². The third-order valence-electron chi connectivity index (χ3n) is 2.84. The van der Waals surface area contributed by atoms with E-state index in [4.69, 9.17) is 4.74 Å². The van der Waals surface area contributed by atoms with Crippen LogP contribution in [0.4, 0.5) is 4.79 Å². The summed E-state index contributed by atoms with van der Waals surface area (Å²) >= 11 is 0. The first-order valence-corrected chi connectivity index (χ1v) is 5.11. The molecule has 0 spiro atoms. The van der Waals surface area contributed by atoms with Crippen molar-refractivity contribution in [2.75, 3.05) is 26.3 Å². The van der Waals surface area contributed by atoms with Crippen molar-refractivity contribution in [2.24, 2.45) is 5.92 Å². The molecule has 2 rings (SSSR count). The standard InChI is InChI=1S/C9H15N3O3/c1-6-7(10-9(14)11-8(6)13)12-2-4-15-5-3-12/h6-7H,2-5H2,1H3,(H2,10,11,13,14). The van der Waals surface area contributed by atoms with Gasteiger partial charge in [-0.05, 0) is 0 Å². The quantitative estimate of drug-likeness (QED) is 0.593. The molecule has 0 bridgehead atoms. The van der Waals surface area contributed by atoms with Gasteiger partial charge in [-0.15, -0.1) is 0 Å². The summed E-state index contributed by atoms with van der Waals surface area (Å²) in [5, 5.41) is 5.02. The summed E-state index contributed by atoms with van der Waals surface area (Å²) in [6.07, 6.45) is -0.199. The maximum absolute atomic E-state index is 11.4. The number of amides is 3. The fraction of sp³-hybridized carbons (Fsp3) is 0.778. The normalized spacial score (nSPS) is 33.4. The first kappa shape index (κ1) is 10.4. The molecule has 2 aliphatic heterocycles. The smallest absolute Gasteiger partial charge is 0.322 e. The molecule has 0 aromatic rings. The first-order valence-electron chi connectivity index (χ1n) is 5.11. The molecular weight excluding hydrogens is 198 g/mol. The van der Waals surface area contributed by atoms with Crippen LogP contribution in [0.5, 0.6) is 0 Å². The maximum Gasteiger partial charge on any atom is 0.322 e. The molecule has 2 atom stereocenters. The molecule has 2 aliphatic rings. The molecular formula is C9H15N3O3. The SMILES string of the molecule is CC1C(=O)NC(=O)NC1N1CCOCC1. The van der Waals surface area contributed by atoms with Gasteiger partial charge in [0.25, 0.3) is 0 Å². The Balaban J connectivity index is 2.05. The van der Waals surface area contributed by atoms with Crippen LogP contribution in [0.25, 0.3) is 0 Å². The molecule has 0 aromatic heterocycles. The van der Waals surface area contributed by atoms with Crippen molar-refractivity contribution in [3.63, 3.8) is 0 Å². The van der Waals surface area contributed by atoms with E-state index >= 15 is 0 Å². The minimum Gasteiger partial charge on any atom is -0.379 e. The van der Waals surface area contributed by atoms with Gasteiger partial charge in [-0.3, -0.25) is 15.0 Å². The molecule has 6 nitrogen and oxygen atoms in total. The summed E-state index contributed by atoms with van der Waals surface area (Å²) in [5.41, 5.74) is 0. The molecule has 6 heteroatoms. The van der Waals surface area contributed by atoms with Crippen LogP contribution >= 0.6 is 0 Å². The van der Waals surface area contributed by atoms with Crippen molar-refractivity contribution in [1.29, 1.82) is 0 Å². The van der Waals surface area contributed by atoms with Crippen LogP contribution in [0.3, 0.4) is 0 Å². The second-order valence-corrected chi connectivity index (χ2v) is 3.84. The number of morpholine rings is 1. The Morgan fingerprint density at radius 2 is 2.00 bits per heavy atom. The number of nitrogens with zero attached hydrogens (tertiary/aromatic N) is 1. The minimum atomic E-state index is -0.408. The van der Waals surface area contributed by atoms with E-state index in [1.54, 1.807) is 0 Å². The predicted molar refractivity (Wildman–Crippen MR) is 52.0 cm³/mol. The number of carbonyl (C=O) groups excluding carboxylic acids is 2. The van der Waals surface area contributed by atoms with Crippen molar-refractivity contribution in [3.05, 3.63) is 0 Å². The predicted octanol–water partition coefficient (Wildman–Crippen LogP) is -0.880. The molecule has 2 unspecified atom stereocenters. The highest BCUT2D eigenvalue weighted by Crippen LogP contribution is 2.13. The third-order valence-corrected chi connectivity index (χ3v) is 2.84. The van der Waals surface area contributed by atoms with Crippen molar-refractivity contribution < 1.29 is 14.3 Å². The molecule has 0 aliphatic carbocycles. The zero-order chi connectivity index (χ0) is 10.8. The summed E-state index contributed by atoms with van der Waals surface area (Å²) in [4.78, 5) is 24.7. The molecule has 0 aromatic carbocycles. The Hall–Kier alpha value is -1.14. The van der Waals surface area contributed by atoms with Crippen LogP contribution in [-0.2, 0) is 9.53 Å². The number of imide groups is 1. The Kier molecular flexibility index (Phi) is 2.88. The third kappa shape index (κ3) is 2.10. The van der Waals surface area contributed by atoms with Crippen molar-refractivity contribution in [2.45, 2.75) is 13.1 Å². The Bertz CT molecular complexity index is 276. The van der Waals surface area contributed by atoms with Gasteiger partial charge in [0.2, 0.25) is 5.91 Å². The summed E-state index contributed by atoms with van der Waals surface area (Å²) in [7, 11) is 0. The fourth-order valence-electron chi connectivity index (χ4n) is 1.93.